The number of carbonyl (C=O) groups excluding carboxylic acids is 1. The highest BCUT2D eigenvalue weighted by Crippen LogP contribution is 2.42. The van der Waals surface area contributed by atoms with Crippen molar-refractivity contribution in [2.45, 2.75) is 45.7 Å². The fourth-order valence-electron chi connectivity index (χ4n) is 5.48. The van der Waals surface area contributed by atoms with Crippen LogP contribution in [-0.2, 0) is 11.2 Å². The zero-order chi connectivity index (χ0) is 27.5. The van der Waals surface area contributed by atoms with E-state index in [0.717, 1.165) is 46.0 Å². The number of hydrogen-bond acceptors (Lipinski definition) is 4. The minimum atomic E-state index is -0.194. The molecule has 0 aliphatic carbocycles. The highest BCUT2D eigenvalue weighted by molar-refractivity contribution is 7.80. The molecule has 1 fully saturated rings. The van der Waals surface area contributed by atoms with E-state index < -0.39 is 0 Å². The highest BCUT2D eigenvalue weighted by atomic mass is 32.1. The molecule has 0 unspecified atom stereocenters. The van der Waals surface area contributed by atoms with E-state index >= 15 is 0 Å². The largest absolute Gasteiger partial charge is 0.506 e. The summed E-state index contributed by atoms with van der Waals surface area (Å²) < 4.78 is 2.06. The monoisotopic (exact) mass is 539 g/mol. The summed E-state index contributed by atoms with van der Waals surface area (Å²) in [6, 6.07) is 22.8. The number of para-hydroxylation sites is 3. The van der Waals surface area contributed by atoms with Gasteiger partial charge in [0, 0.05) is 36.2 Å². The molecule has 2 aromatic carbocycles. The first-order valence-electron chi connectivity index (χ1n) is 13.2. The number of aryl methyl sites for hydroxylation is 2. The maximum atomic E-state index is 13.0. The number of phenolic OH excluding ortho intramolecular Hbond substituents is 1. The molecule has 5 rings (SSSR count). The van der Waals surface area contributed by atoms with Crippen LogP contribution in [-0.4, -0.2) is 37.1 Å². The minimum absolute atomic E-state index is 0.0570. The van der Waals surface area contributed by atoms with Gasteiger partial charge in [-0.15, -0.1) is 0 Å². The average molecular weight is 540 g/mol. The summed E-state index contributed by atoms with van der Waals surface area (Å²) >= 11 is 5.82. The lowest BCUT2D eigenvalue weighted by molar-refractivity contribution is -0.116. The lowest BCUT2D eigenvalue weighted by Gasteiger charge is -2.28. The maximum Gasteiger partial charge on any atom is 0.226 e. The van der Waals surface area contributed by atoms with E-state index in [0.29, 0.717) is 11.7 Å². The van der Waals surface area contributed by atoms with Gasteiger partial charge in [-0.25, -0.2) is 0 Å². The van der Waals surface area contributed by atoms with Crippen molar-refractivity contribution in [2.24, 2.45) is 0 Å². The maximum absolute atomic E-state index is 13.0. The Kier molecular flexibility index (Phi) is 7.65. The van der Waals surface area contributed by atoms with Crippen LogP contribution >= 0.6 is 12.2 Å². The van der Waals surface area contributed by atoms with E-state index in [2.05, 4.69) is 45.0 Å². The number of nitrogens with one attached hydrogen (secondary N) is 2. The number of carbonyl (C=O) groups is 1. The van der Waals surface area contributed by atoms with Gasteiger partial charge in [0.05, 0.1) is 23.5 Å². The Morgan fingerprint density at radius 1 is 1.08 bits per heavy atom. The number of thiocarbonyl (C=S) groups is 1. The molecule has 0 radical (unpaired) electrons. The Morgan fingerprint density at radius 3 is 2.56 bits per heavy atom. The van der Waals surface area contributed by atoms with E-state index in [1.807, 2.05) is 67.6 Å². The van der Waals surface area contributed by atoms with Gasteiger partial charge in [-0.1, -0.05) is 43.3 Å². The average Bonchev–Trinajstić information content (AvgIpc) is 3.42. The van der Waals surface area contributed by atoms with Gasteiger partial charge in [0.15, 0.2) is 5.11 Å². The molecule has 2 atom stereocenters. The second kappa shape index (κ2) is 11.3. The molecule has 3 heterocycles. The van der Waals surface area contributed by atoms with E-state index in [9.17, 15) is 9.90 Å². The van der Waals surface area contributed by atoms with Gasteiger partial charge < -0.3 is 25.2 Å². The Morgan fingerprint density at radius 2 is 1.82 bits per heavy atom. The number of pyridine rings is 1. The Hall–Kier alpha value is -4.17. The molecule has 1 amide bonds. The first-order chi connectivity index (χ1) is 18.9. The predicted molar refractivity (Wildman–Crippen MR) is 158 cm³/mol. The number of anilines is 1. The zero-order valence-electron chi connectivity index (χ0n) is 22.4. The molecule has 8 heteroatoms. The normalized spacial score (nSPS) is 16.8. The van der Waals surface area contributed by atoms with Gasteiger partial charge in [-0.2, -0.15) is 0 Å². The molecule has 200 valence electrons. The number of amides is 1. The number of phenols is 1. The molecule has 0 spiro atoms. The number of rotatable bonds is 8. The standard InChI is InChI=1S/C31H33N5O2S/c1-4-22-11-5-6-12-24(22)33-28(38)16-18-35-30(29(34-31(35)39)25-13-9-10-17-32-25)23-19-20(2)36(21(23)3)26-14-7-8-15-27(26)37/h5-15,17,19,29-30,37H,4,16,18H2,1-3H3,(H,33,38)(H,34,39)/t29-,30+/m1/s1. The Bertz CT molecular complexity index is 1500. The van der Waals surface area contributed by atoms with Gasteiger partial charge in [0.25, 0.3) is 0 Å². The molecule has 1 aliphatic rings. The number of nitrogens with zero attached hydrogens (tertiary/aromatic N) is 3. The summed E-state index contributed by atoms with van der Waals surface area (Å²) in [5, 5.41) is 17.7. The van der Waals surface area contributed by atoms with Crippen molar-refractivity contribution in [1.29, 1.82) is 0 Å². The Labute approximate surface area is 234 Å². The molecule has 2 aromatic heterocycles. The second-order valence-electron chi connectivity index (χ2n) is 9.78. The van der Waals surface area contributed by atoms with Crippen molar-refractivity contribution in [3.05, 3.63) is 107 Å². The van der Waals surface area contributed by atoms with Crippen LogP contribution in [0, 0.1) is 13.8 Å². The zero-order valence-corrected chi connectivity index (χ0v) is 23.2. The molecule has 39 heavy (non-hydrogen) atoms. The van der Waals surface area contributed by atoms with E-state index in [1.54, 1.807) is 12.3 Å². The number of aromatic nitrogens is 2. The predicted octanol–water partition coefficient (Wildman–Crippen LogP) is 5.76. The van der Waals surface area contributed by atoms with Crippen LogP contribution in [0.3, 0.4) is 0 Å². The first-order valence-corrected chi connectivity index (χ1v) is 13.6. The van der Waals surface area contributed by atoms with E-state index in [4.69, 9.17) is 12.2 Å². The molecule has 1 aliphatic heterocycles. The molecule has 1 saturated heterocycles. The van der Waals surface area contributed by atoms with Gasteiger partial charge in [-0.3, -0.25) is 9.78 Å². The third-order valence-electron chi connectivity index (χ3n) is 7.36. The SMILES string of the molecule is CCc1ccccc1NC(=O)CCN1C(=S)N[C@H](c2ccccn2)[C@@H]1c1cc(C)n(-c2ccccc2O)c1C. The second-order valence-corrected chi connectivity index (χ2v) is 10.2. The molecule has 0 saturated carbocycles. The van der Waals surface area contributed by atoms with Crippen LogP contribution in [0.2, 0.25) is 0 Å². The molecule has 4 aromatic rings. The van der Waals surface area contributed by atoms with Crippen LogP contribution in [0.5, 0.6) is 5.75 Å². The lowest BCUT2D eigenvalue weighted by Crippen LogP contribution is -2.33. The van der Waals surface area contributed by atoms with Crippen LogP contribution in [0.25, 0.3) is 5.69 Å². The van der Waals surface area contributed by atoms with E-state index in [-0.39, 0.29) is 30.2 Å². The first kappa shape index (κ1) is 26.4. The molecular weight excluding hydrogens is 506 g/mol. The van der Waals surface area contributed by atoms with Gasteiger partial charge in [0.2, 0.25) is 5.91 Å². The van der Waals surface area contributed by atoms with Crippen molar-refractivity contribution >= 4 is 28.9 Å². The smallest absolute Gasteiger partial charge is 0.226 e. The highest BCUT2D eigenvalue weighted by Gasteiger charge is 2.41. The van der Waals surface area contributed by atoms with Crippen molar-refractivity contribution < 1.29 is 9.90 Å². The van der Waals surface area contributed by atoms with Crippen LogP contribution in [0.1, 0.15) is 53.6 Å². The fraction of sp³-hybridized carbons (Fsp3) is 0.258. The third kappa shape index (κ3) is 5.25. The quantitative estimate of drug-likeness (QED) is 0.247. The molecular formula is C31H33N5O2S. The summed E-state index contributed by atoms with van der Waals surface area (Å²) in [7, 11) is 0. The lowest BCUT2D eigenvalue weighted by atomic mass is 9.96. The Balaban J connectivity index is 1.47. The number of benzene rings is 2. The van der Waals surface area contributed by atoms with Crippen LogP contribution in [0.4, 0.5) is 5.69 Å². The molecule has 7 nitrogen and oxygen atoms in total. The third-order valence-corrected chi connectivity index (χ3v) is 7.71. The van der Waals surface area contributed by atoms with Crippen molar-refractivity contribution in [3.8, 4) is 11.4 Å². The van der Waals surface area contributed by atoms with Crippen molar-refractivity contribution in [3.63, 3.8) is 0 Å². The summed E-state index contributed by atoms with van der Waals surface area (Å²) in [5.41, 5.74) is 6.61. The van der Waals surface area contributed by atoms with Crippen LogP contribution in [0.15, 0.2) is 79.0 Å². The van der Waals surface area contributed by atoms with Gasteiger partial charge >= 0.3 is 0 Å². The number of aromatic hydroxyl groups is 1. The summed E-state index contributed by atoms with van der Waals surface area (Å²) in [4.78, 5) is 19.8. The topological polar surface area (TPSA) is 82.4 Å². The van der Waals surface area contributed by atoms with Crippen LogP contribution < -0.4 is 10.6 Å². The van der Waals surface area contributed by atoms with E-state index in [1.165, 1.54) is 0 Å². The van der Waals surface area contributed by atoms with Crippen molar-refractivity contribution in [2.75, 3.05) is 11.9 Å². The minimum Gasteiger partial charge on any atom is -0.506 e. The van der Waals surface area contributed by atoms with Crippen molar-refractivity contribution in [1.82, 2.24) is 19.8 Å². The summed E-state index contributed by atoms with van der Waals surface area (Å²) in [6.07, 6.45) is 2.91. The molecule has 0 bridgehead atoms. The van der Waals surface area contributed by atoms with Gasteiger partial charge in [-0.05, 0) is 80.0 Å². The number of hydrogen-bond donors (Lipinski definition) is 3. The van der Waals surface area contributed by atoms with Gasteiger partial charge in [0.1, 0.15) is 5.75 Å². The molecule has 3 N–H and O–H groups in total. The fourth-order valence-corrected chi connectivity index (χ4v) is 5.81. The summed E-state index contributed by atoms with van der Waals surface area (Å²) in [5.74, 6) is 0.159. The summed E-state index contributed by atoms with van der Waals surface area (Å²) in [6.45, 7) is 6.61.